The van der Waals surface area contributed by atoms with Crippen molar-refractivity contribution in [1.82, 2.24) is 0 Å². The van der Waals surface area contributed by atoms with Gasteiger partial charge in [0.15, 0.2) is 11.5 Å². The Kier molecular flexibility index (Phi) is 3.73. The van der Waals surface area contributed by atoms with Crippen molar-refractivity contribution >= 4 is 0 Å². The maximum Gasteiger partial charge on any atom is 0.231 e. The van der Waals surface area contributed by atoms with Crippen molar-refractivity contribution in [3.8, 4) is 29.1 Å². The SMILES string of the molecule is CC#CCOc1cc2c(cc1CCN)OCO2. The van der Waals surface area contributed by atoms with Crippen LogP contribution in [0.2, 0.25) is 0 Å². The number of hydrogen-bond donors (Lipinski definition) is 1. The van der Waals surface area contributed by atoms with Crippen LogP contribution in [0.4, 0.5) is 0 Å². The molecule has 0 aliphatic carbocycles. The Morgan fingerprint density at radius 3 is 2.82 bits per heavy atom. The summed E-state index contributed by atoms with van der Waals surface area (Å²) in [6.07, 6.45) is 0.742. The summed E-state index contributed by atoms with van der Waals surface area (Å²) in [4.78, 5) is 0. The van der Waals surface area contributed by atoms with E-state index in [0.717, 1.165) is 23.5 Å². The number of rotatable bonds is 4. The van der Waals surface area contributed by atoms with Crippen LogP contribution in [0.3, 0.4) is 0 Å². The molecule has 0 amide bonds. The molecule has 1 aromatic carbocycles. The molecule has 1 aliphatic rings. The van der Waals surface area contributed by atoms with Crippen LogP contribution < -0.4 is 19.9 Å². The Morgan fingerprint density at radius 1 is 1.35 bits per heavy atom. The van der Waals surface area contributed by atoms with E-state index in [4.69, 9.17) is 19.9 Å². The minimum atomic E-state index is 0.260. The van der Waals surface area contributed by atoms with Gasteiger partial charge in [-0.3, -0.25) is 0 Å². The summed E-state index contributed by atoms with van der Waals surface area (Å²) in [6.45, 7) is 2.97. The van der Waals surface area contributed by atoms with Gasteiger partial charge in [0.2, 0.25) is 6.79 Å². The average Bonchev–Trinajstić information content (AvgIpc) is 2.77. The van der Waals surface area contributed by atoms with Crippen LogP contribution in [-0.2, 0) is 6.42 Å². The predicted molar refractivity (Wildman–Crippen MR) is 64.3 cm³/mol. The van der Waals surface area contributed by atoms with E-state index in [0.29, 0.717) is 18.9 Å². The highest BCUT2D eigenvalue weighted by atomic mass is 16.7. The molecule has 90 valence electrons. The Balaban J connectivity index is 2.23. The van der Waals surface area contributed by atoms with Gasteiger partial charge < -0.3 is 19.9 Å². The second-order valence-electron chi connectivity index (χ2n) is 3.57. The van der Waals surface area contributed by atoms with E-state index in [1.165, 1.54) is 0 Å². The standard InChI is InChI=1S/C13H15NO3/c1-2-3-6-15-11-8-13-12(16-9-17-13)7-10(11)4-5-14/h7-8H,4-6,9,14H2,1H3. The molecule has 4 heteroatoms. The molecular formula is C13H15NO3. The minimum absolute atomic E-state index is 0.260. The highest BCUT2D eigenvalue weighted by molar-refractivity contribution is 5.52. The monoisotopic (exact) mass is 233 g/mol. The highest BCUT2D eigenvalue weighted by Gasteiger charge is 2.17. The van der Waals surface area contributed by atoms with Crippen molar-refractivity contribution in [3.63, 3.8) is 0 Å². The van der Waals surface area contributed by atoms with Crippen LogP contribution >= 0.6 is 0 Å². The lowest BCUT2D eigenvalue weighted by molar-refractivity contribution is 0.174. The molecule has 0 radical (unpaired) electrons. The summed E-state index contributed by atoms with van der Waals surface area (Å²) < 4.78 is 16.2. The number of hydrogen-bond acceptors (Lipinski definition) is 4. The van der Waals surface area contributed by atoms with Gasteiger partial charge >= 0.3 is 0 Å². The van der Waals surface area contributed by atoms with Crippen LogP contribution in [0.15, 0.2) is 12.1 Å². The topological polar surface area (TPSA) is 53.7 Å². The third kappa shape index (κ3) is 2.63. The van der Waals surface area contributed by atoms with E-state index in [2.05, 4.69) is 11.8 Å². The molecule has 4 nitrogen and oxygen atoms in total. The van der Waals surface area contributed by atoms with Crippen molar-refractivity contribution < 1.29 is 14.2 Å². The lowest BCUT2D eigenvalue weighted by Gasteiger charge is -2.10. The number of benzene rings is 1. The molecule has 0 unspecified atom stereocenters. The van der Waals surface area contributed by atoms with Gasteiger partial charge in [0.05, 0.1) is 0 Å². The van der Waals surface area contributed by atoms with Gasteiger partial charge in [0.25, 0.3) is 0 Å². The first-order valence-corrected chi connectivity index (χ1v) is 5.50. The van der Waals surface area contributed by atoms with Crippen molar-refractivity contribution in [1.29, 1.82) is 0 Å². The summed E-state index contributed by atoms with van der Waals surface area (Å²) in [6, 6.07) is 3.76. The average molecular weight is 233 g/mol. The second-order valence-corrected chi connectivity index (χ2v) is 3.57. The maximum atomic E-state index is 5.59. The first-order valence-electron chi connectivity index (χ1n) is 5.50. The molecule has 0 atom stereocenters. The molecule has 0 spiro atoms. The number of fused-ring (bicyclic) bond motifs is 1. The first-order chi connectivity index (χ1) is 8.35. The Morgan fingerprint density at radius 2 is 2.12 bits per heavy atom. The van der Waals surface area contributed by atoms with E-state index in [1.54, 1.807) is 6.92 Å². The maximum absolute atomic E-state index is 5.59. The zero-order chi connectivity index (χ0) is 12.1. The lowest BCUT2D eigenvalue weighted by atomic mass is 10.1. The van der Waals surface area contributed by atoms with Crippen LogP contribution in [0.25, 0.3) is 0 Å². The Hall–Kier alpha value is -1.86. The van der Waals surface area contributed by atoms with E-state index < -0.39 is 0 Å². The van der Waals surface area contributed by atoms with E-state index in [1.807, 2.05) is 12.1 Å². The molecule has 0 fully saturated rings. The molecule has 1 aromatic rings. The first kappa shape index (κ1) is 11.6. The molecule has 0 saturated heterocycles. The quantitative estimate of drug-likeness (QED) is 0.797. The fourth-order valence-electron chi connectivity index (χ4n) is 1.64. The zero-order valence-electron chi connectivity index (χ0n) is 9.79. The van der Waals surface area contributed by atoms with Crippen LogP contribution in [0, 0.1) is 11.8 Å². The summed E-state index contributed by atoms with van der Waals surface area (Å²) in [5.74, 6) is 7.88. The van der Waals surface area contributed by atoms with Gasteiger partial charge in [0.1, 0.15) is 12.4 Å². The predicted octanol–water partition coefficient (Wildman–Crippen LogP) is 1.32. The van der Waals surface area contributed by atoms with E-state index in [-0.39, 0.29) is 6.79 Å². The summed E-state index contributed by atoms with van der Waals surface area (Å²) in [5, 5.41) is 0. The fraction of sp³-hybridized carbons (Fsp3) is 0.385. The molecule has 17 heavy (non-hydrogen) atoms. The van der Waals surface area contributed by atoms with Crippen molar-refractivity contribution in [2.45, 2.75) is 13.3 Å². The Bertz CT molecular complexity index is 460. The van der Waals surface area contributed by atoms with Gasteiger partial charge in [-0.05, 0) is 31.5 Å². The van der Waals surface area contributed by atoms with Gasteiger partial charge in [-0.1, -0.05) is 5.92 Å². The third-order valence-electron chi connectivity index (χ3n) is 2.45. The Labute approximate surface area is 101 Å². The van der Waals surface area contributed by atoms with Crippen LogP contribution in [-0.4, -0.2) is 19.9 Å². The van der Waals surface area contributed by atoms with Crippen molar-refractivity contribution in [2.24, 2.45) is 5.73 Å². The molecule has 0 aromatic heterocycles. The molecule has 2 rings (SSSR count). The summed E-state index contributed by atoms with van der Waals surface area (Å²) in [7, 11) is 0. The van der Waals surface area contributed by atoms with Crippen molar-refractivity contribution in [2.75, 3.05) is 19.9 Å². The highest BCUT2D eigenvalue weighted by Crippen LogP contribution is 2.38. The largest absolute Gasteiger partial charge is 0.481 e. The smallest absolute Gasteiger partial charge is 0.231 e. The van der Waals surface area contributed by atoms with Crippen molar-refractivity contribution in [3.05, 3.63) is 17.7 Å². The lowest BCUT2D eigenvalue weighted by Crippen LogP contribution is -2.05. The molecule has 1 aliphatic heterocycles. The third-order valence-corrected chi connectivity index (χ3v) is 2.45. The summed E-state index contributed by atoms with van der Waals surface area (Å²) in [5.41, 5.74) is 6.60. The molecule has 0 saturated carbocycles. The van der Waals surface area contributed by atoms with E-state index in [9.17, 15) is 0 Å². The van der Waals surface area contributed by atoms with Crippen LogP contribution in [0.1, 0.15) is 12.5 Å². The zero-order valence-corrected chi connectivity index (χ0v) is 9.79. The minimum Gasteiger partial charge on any atom is -0.481 e. The molecule has 0 bridgehead atoms. The molecule has 1 heterocycles. The van der Waals surface area contributed by atoms with Crippen LogP contribution in [0.5, 0.6) is 17.2 Å². The van der Waals surface area contributed by atoms with Gasteiger partial charge in [-0.25, -0.2) is 0 Å². The van der Waals surface area contributed by atoms with Gasteiger partial charge in [0, 0.05) is 6.07 Å². The summed E-state index contributed by atoms with van der Waals surface area (Å²) >= 11 is 0. The number of nitrogens with two attached hydrogens (primary N) is 1. The fourth-order valence-corrected chi connectivity index (χ4v) is 1.64. The normalized spacial score (nSPS) is 11.9. The van der Waals surface area contributed by atoms with E-state index >= 15 is 0 Å². The molecular weight excluding hydrogens is 218 g/mol. The van der Waals surface area contributed by atoms with Gasteiger partial charge in [-0.15, -0.1) is 5.92 Å². The molecule has 2 N–H and O–H groups in total. The number of ether oxygens (including phenoxy) is 3. The van der Waals surface area contributed by atoms with Gasteiger partial charge in [-0.2, -0.15) is 0 Å². The second kappa shape index (κ2) is 5.46.